The molecule has 0 unspecified atom stereocenters. The summed E-state index contributed by atoms with van der Waals surface area (Å²) in [6.07, 6.45) is 8.79. The smallest absolute Gasteiger partial charge is 0.164 e. The van der Waals surface area contributed by atoms with E-state index in [9.17, 15) is 0 Å². The second kappa shape index (κ2) is 16.7. The minimum absolute atomic E-state index is 0.643. The first kappa shape index (κ1) is 40.4. The summed E-state index contributed by atoms with van der Waals surface area (Å²) in [5, 5.41) is 4.85. The average molecular weight is 884 g/mol. The van der Waals surface area contributed by atoms with Gasteiger partial charge in [0, 0.05) is 49.3 Å². The minimum atomic E-state index is 0.643. The van der Waals surface area contributed by atoms with Gasteiger partial charge >= 0.3 is 0 Å². The van der Waals surface area contributed by atoms with Crippen molar-refractivity contribution in [2.24, 2.45) is 0 Å². The van der Waals surface area contributed by atoms with E-state index < -0.39 is 0 Å². The van der Waals surface area contributed by atoms with Crippen LogP contribution in [0.15, 0.2) is 224 Å². The summed E-state index contributed by atoms with van der Waals surface area (Å²) in [5.74, 6) is 1.96. The molecule has 69 heavy (non-hydrogen) atoms. The van der Waals surface area contributed by atoms with E-state index in [0.29, 0.717) is 17.5 Å². The van der Waals surface area contributed by atoms with E-state index in [0.717, 1.165) is 79.5 Å². The zero-order valence-corrected chi connectivity index (χ0v) is 38.1. The zero-order chi connectivity index (χ0) is 45.8. The third-order valence-corrected chi connectivity index (χ3v) is 13.8. The van der Waals surface area contributed by atoms with Crippen LogP contribution in [0.2, 0.25) is 0 Å². The number of para-hydroxylation sites is 3. The van der Waals surface area contributed by atoms with Crippen molar-refractivity contribution >= 4 is 49.2 Å². The second-order valence-corrected chi connectivity index (χ2v) is 17.9. The van der Waals surface area contributed by atoms with E-state index in [1.807, 2.05) is 13.0 Å². The van der Waals surface area contributed by atoms with Crippen LogP contribution in [-0.4, -0.2) is 24.5 Å². The summed E-state index contributed by atoms with van der Waals surface area (Å²) in [5.41, 5.74) is 19.3. The number of rotatable bonds is 8. The van der Waals surface area contributed by atoms with Crippen LogP contribution in [0.4, 0.5) is 0 Å². The number of allylic oxidation sites excluding steroid dienone is 4. The number of fused-ring (bicyclic) bond motifs is 7. The SMILES string of the molecule is Cc1nc(-c2ccc(-c3ccccc3)cc2)nc(-c2ccccc2-c2cccc(-c3cccc(-c4ccccc4C4=CC=CCC4)c3-n3c4ccccc4c4ccc5c6ccccc6[nH]c5c43)c2)n1. The van der Waals surface area contributed by atoms with Gasteiger partial charge in [-0.05, 0) is 82.5 Å². The van der Waals surface area contributed by atoms with Crippen LogP contribution in [0.25, 0.3) is 122 Å². The molecule has 3 aromatic heterocycles. The highest BCUT2D eigenvalue weighted by Gasteiger charge is 2.24. The molecule has 326 valence electrons. The normalized spacial score (nSPS) is 12.6. The Balaban J connectivity index is 1.02. The first-order valence-electron chi connectivity index (χ1n) is 23.7. The topological polar surface area (TPSA) is 59.4 Å². The molecule has 1 aliphatic carbocycles. The maximum atomic E-state index is 5.14. The fourth-order valence-electron chi connectivity index (χ4n) is 10.6. The molecule has 0 spiro atoms. The van der Waals surface area contributed by atoms with Crippen molar-refractivity contribution in [2.45, 2.75) is 19.8 Å². The van der Waals surface area contributed by atoms with Gasteiger partial charge in [0.25, 0.3) is 0 Å². The van der Waals surface area contributed by atoms with Crippen LogP contribution in [0.3, 0.4) is 0 Å². The third-order valence-electron chi connectivity index (χ3n) is 13.8. The number of hydrogen-bond acceptors (Lipinski definition) is 3. The van der Waals surface area contributed by atoms with E-state index in [-0.39, 0.29) is 0 Å². The lowest BCUT2D eigenvalue weighted by Crippen LogP contribution is -2.03. The molecule has 0 atom stereocenters. The molecule has 0 fully saturated rings. The van der Waals surface area contributed by atoms with E-state index >= 15 is 0 Å². The lowest BCUT2D eigenvalue weighted by atomic mass is 9.87. The van der Waals surface area contributed by atoms with Crippen molar-refractivity contribution in [3.63, 3.8) is 0 Å². The van der Waals surface area contributed by atoms with Gasteiger partial charge in [0.05, 0.1) is 22.2 Å². The van der Waals surface area contributed by atoms with Gasteiger partial charge in [0.2, 0.25) is 0 Å². The number of hydrogen-bond donors (Lipinski definition) is 1. The van der Waals surface area contributed by atoms with Crippen molar-refractivity contribution in [1.29, 1.82) is 0 Å². The summed E-state index contributed by atoms with van der Waals surface area (Å²) in [4.78, 5) is 18.8. The number of H-pyrrole nitrogens is 1. The monoisotopic (exact) mass is 883 g/mol. The summed E-state index contributed by atoms with van der Waals surface area (Å²) >= 11 is 0. The first-order valence-corrected chi connectivity index (χ1v) is 23.7. The molecule has 13 rings (SSSR count). The Morgan fingerprint density at radius 1 is 0.435 bits per heavy atom. The first-order chi connectivity index (χ1) is 34.1. The molecule has 1 aliphatic rings. The van der Waals surface area contributed by atoms with E-state index in [4.69, 9.17) is 15.0 Å². The Hall–Kier alpha value is -8.93. The van der Waals surface area contributed by atoms with Gasteiger partial charge in [0.1, 0.15) is 5.82 Å². The number of aryl methyl sites for hydroxylation is 1. The number of aromatic amines is 1. The summed E-state index contributed by atoms with van der Waals surface area (Å²) in [7, 11) is 0. The Morgan fingerprint density at radius 3 is 1.87 bits per heavy atom. The highest BCUT2D eigenvalue weighted by Crippen LogP contribution is 2.46. The molecule has 0 bridgehead atoms. The number of nitrogens with one attached hydrogen (secondary N) is 1. The van der Waals surface area contributed by atoms with Crippen molar-refractivity contribution in [2.75, 3.05) is 0 Å². The van der Waals surface area contributed by atoms with E-state index in [2.05, 4.69) is 228 Å². The van der Waals surface area contributed by atoms with Gasteiger partial charge in [-0.2, -0.15) is 0 Å². The van der Waals surface area contributed by atoms with Gasteiger partial charge in [-0.1, -0.05) is 206 Å². The number of nitrogens with zero attached hydrogens (tertiary/aromatic N) is 4. The summed E-state index contributed by atoms with van der Waals surface area (Å²) < 4.78 is 2.54. The largest absolute Gasteiger partial charge is 0.353 e. The molecule has 1 N–H and O–H groups in total. The van der Waals surface area contributed by atoms with Crippen molar-refractivity contribution < 1.29 is 0 Å². The van der Waals surface area contributed by atoms with Crippen LogP contribution in [0.1, 0.15) is 24.2 Å². The maximum absolute atomic E-state index is 5.14. The third kappa shape index (κ3) is 6.98. The molecular weight excluding hydrogens is 839 g/mol. The Morgan fingerprint density at radius 2 is 1.04 bits per heavy atom. The standard InChI is InChI=1S/C64H45N5/c1-41-65-63(45-36-34-43(35-37-45)42-18-4-2-5-19-42)68-64(66-41)57-29-11-9-25-49(57)46-22-16-23-47(40-46)50-30-17-31-55(51-26-10-8-24-48(51)44-20-6-3-7-21-44)61(50)69-59-33-15-13-28-53(59)56-39-38-54-52-27-12-14-32-58(52)67-60(54)62(56)69/h2-6,8-20,22-40,67H,7,21H2,1H3. The molecule has 12 aromatic rings. The van der Waals surface area contributed by atoms with Crippen LogP contribution in [0, 0.1) is 6.92 Å². The molecule has 9 aromatic carbocycles. The van der Waals surface area contributed by atoms with E-state index in [1.165, 1.54) is 49.4 Å². The lowest BCUT2D eigenvalue weighted by molar-refractivity contribution is 0.992. The molecule has 0 aliphatic heterocycles. The van der Waals surface area contributed by atoms with Gasteiger partial charge in [-0.15, -0.1) is 0 Å². The molecule has 0 saturated carbocycles. The quantitative estimate of drug-likeness (QED) is 0.165. The lowest BCUT2D eigenvalue weighted by Gasteiger charge is -2.22. The average Bonchev–Trinajstić information content (AvgIpc) is 3.97. The van der Waals surface area contributed by atoms with Crippen molar-refractivity contribution in [3.8, 4) is 73.0 Å². The Kier molecular flexibility index (Phi) is 9.79. The fraction of sp³-hybridized carbons (Fsp3) is 0.0469. The zero-order valence-electron chi connectivity index (χ0n) is 38.1. The van der Waals surface area contributed by atoms with Crippen LogP contribution in [-0.2, 0) is 0 Å². The Bertz CT molecular complexity index is 4020. The summed E-state index contributed by atoms with van der Waals surface area (Å²) in [6.45, 7) is 1.95. The molecule has 5 heteroatoms. The molecule has 0 saturated heterocycles. The van der Waals surface area contributed by atoms with Crippen LogP contribution >= 0.6 is 0 Å². The highest BCUT2D eigenvalue weighted by molar-refractivity contribution is 6.23. The van der Waals surface area contributed by atoms with Gasteiger partial charge < -0.3 is 9.55 Å². The highest BCUT2D eigenvalue weighted by atomic mass is 15.0. The predicted octanol–water partition coefficient (Wildman–Crippen LogP) is 16.6. The molecule has 0 amide bonds. The number of benzene rings is 9. The van der Waals surface area contributed by atoms with Crippen molar-refractivity contribution in [1.82, 2.24) is 24.5 Å². The summed E-state index contributed by atoms with van der Waals surface area (Å²) in [6, 6.07) is 74.3. The molecular formula is C64H45N5. The molecule has 5 nitrogen and oxygen atoms in total. The van der Waals surface area contributed by atoms with Crippen molar-refractivity contribution in [3.05, 3.63) is 236 Å². The predicted molar refractivity (Wildman–Crippen MR) is 287 cm³/mol. The molecule has 0 radical (unpaired) electrons. The van der Waals surface area contributed by atoms with E-state index in [1.54, 1.807) is 0 Å². The van der Waals surface area contributed by atoms with Crippen LogP contribution in [0.5, 0.6) is 0 Å². The Labute approximate surface area is 400 Å². The number of aromatic nitrogens is 5. The minimum Gasteiger partial charge on any atom is -0.353 e. The fourth-order valence-corrected chi connectivity index (χ4v) is 10.6. The second-order valence-electron chi connectivity index (χ2n) is 17.9. The maximum Gasteiger partial charge on any atom is 0.164 e. The van der Waals surface area contributed by atoms with Gasteiger partial charge in [-0.25, -0.2) is 15.0 Å². The molecule has 3 heterocycles. The van der Waals surface area contributed by atoms with Gasteiger partial charge in [-0.3, -0.25) is 0 Å². The van der Waals surface area contributed by atoms with Crippen LogP contribution < -0.4 is 0 Å². The van der Waals surface area contributed by atoms with Gasteiger partial charge in [0.15, 0.2) is 11.6 Å².